The second-order valence-corrected chi connectivity index (χ2v) is 4.08. The van der Waals surface area contributed by atoms with Crippen molar-refractivity contribution in [3.8, 4) is 0 Å². The van der Waals surface area contributed by atoms with Crippen molar-refractivity contribution < 1.29 is 4.79 Å². The van der Waals surface area contributed by atoms with Gasteiger partial charge in [0.15, 0.2) is 0 Å². The Balaban J connectivity index is 1.73. The Bertz CT molecular complexity index is 381. The maximum absolute atomic E-state index is 11.5. The molecule has 0 radical (unpaired) electrons. The zero-order valence-electron chi connectivity index (χ0n) is 8.74. The van der Waals surface area contributed by atoms with Crippen molar-refractivity contribution in [2.75, 3.05) is 11.9 Å². The lowest BCUT2D eigenvalue weighted by Gasteiger charge is -2.04. The summed E-state index contributed by atoms with van der Waals surface area (Å²) in [5.74, 6) is 0.374. The van der Waals surface area contributed by atoms with Crippen molar-refractivity contribution in [2.45, 2.75) is 25.3 Å². The number of hydrogen-bond donors (Lipinski definition) is 2. The number of hydrogen-bond acceptors (Lipinski definition) is 4. The maximum Gasteiger partial charge on any atom is 0.226 e. The van der Waals surface area contributed by atoms with Gasteiger partial charge in [0.1, 0.15) is 5.82 Å². The zero-order chi connectivity index (χ0) is 11.4. The van der Waals surface area contributed by atoms with Crippen LogP contribution in [0, 0.1) is 0 Å². The third-order valence-corrected chi connectivity index (χ3v) is 2.44. The van der Waals surface area contributed by atoms with Crippen molar-refractivity contribution >= 4 is 23.3 Å². The molecule has 0 aromatic carbocycles. The maximum atomic E-state index is 11.5. The zero-order valence-corrected chi connectivity index (χ0v) is 9.50. The lowest BCUT2D eigenvalue weighted by molar-refractivity contribution is -0.116. The number of halogens is 1. The van der Waals surface area contributed by atoms with Crippen LogP contribution in [0.25, 0.3) is 0 Å². The Morgan fingerprint density at radius 1 is 1.56 bits per heavy atom. The molecule has 1 aromatic heterocycles. The molecule has 1 aliphatic carbocycles. The highest BCUT2D eigenvalue weighted by Gasteiger charge is 2.20. The monoisotopic (exact) mass is 240 g/mol. The molecule has 1 aliphatic rings. The summed E-state index contributed by atoms with van der Waals surface area (Å²) < 4.78 is 0. The van der Waals surface area contributed by atoms with E-state index < -0.39 is 0 Å². The van der Waals surface area contributed by atoms with Crippen LogP contribution in [0.4, 0.5) is 5.82 Å². The SMILES string of the molecule is O=C(CCNC1CC1)Nc1ccnc(Cl)n1. The third kappa shape index (κ3) is 3.75. The van der Waals surface area contributed by atoms with Crippen molar-refractivity contribution in [3.05, 3.63) is 17.5 Å². The van der Waals surface area contributed by atoms with E-state index in [0.717, 1.165) is 0 Å². The van der Waals surface area contributed by atoms with Gasteiger partial charge in [0.2, 0.25) is 11.2 Å². The first kappa shape index (κ1) is 11.3. The lowest BCUT2D eigenvalue weighted by atomic mass is 10.4. The van der Waals surface area contributed by atoms with Gasteiger partial charge in [-0.2, -0.15) is 0 Å². The predicted octanol–water partition coefficient (Wildman–Crippen LogP) is 1.21. The molecule has 1 saturated carbocycles. The largest absolute Gasteiger partial charge is 0.313 e. The van der Waals surface area contributed by atoms with E-state index in [2.05, 4.69) is 20.6 Å². The molecule has 86 valence electrons. The van der Waals surface area contributed by atoms with Gasteiger partial charge in [0.25, 0.3) is 0 Å². The first-order valence-corrected chi connectivity index (χ1v) is 5.63. The molecule has 0 saturated heterocycles. The first-order chi connectivity index (χ1) is 7.74. The fourth-order valence-corrected chi connectivity index (χ4v) is 1.43. The van der Waals surface area contributed by atoms with Gasteiger partial charge in [0.05, 0.1) is 0 Å². The summed E-state index contributed by atoms with van der Waals surface area (Å²) in [6.45, 7) is 0.704. The van der Waals surface area contributed by atoms with Crippen LogP contribution < -0.4 is 10.6 Å². The van der Waals surface area contributed by atoms with Crippen molar-refractivity contribution in [1.82, 2.24) is 15.3 Å². The number of nitrogens with zero attached hydrogens (tertiary/aromatic N) is 2. The molecule has 5 nitrogen and oxygen atoms in total. The highest BCUT2D eigenvalue weighted by atomic mass is 35.5. The number of carbonyl (C=O) groups excluding carboxylic acids is 1. The van der Waals surface area contributed by atoms with E-state index in [0.29, 0.717) is 24.8 Å². The Hall–Kier alpha value is -1.20. The first-order valence-electron chi connectivity index (χ1n) is 5.26. The Morgan fingerprint density at radius 2 is 2.38 bits per heavy atom. The summed E-state index contributed by atoms with van der Waals surface area (Å²) in [4.78, 5) is 19.1. The summed E-state index contributed by atoms with van der Waals surface area (Å²) >= 11 is 5.60. The molecule has 0 bridgehead atoms. The fraction of sp³-hybridized carbons (Fsp3) is 0.500. The second kappa shape index (κ2) is 5.23. The summed E-state index contributed by atoms with van der Waals surface area (Å²) in [5, 5.41) is 6.06. The van der Waals surface area contributed by atoms with Crippen LogP contribution in [0.3, 0.4) is 0 Å². The molecule has 1 fully saturated rings. The van der Waals surface area contributed by atoms with Crippen LogP contribution in [-0.4, -0.2) is 28.5 Å². The Morgan fingerprint density at radius 3 is 3.06 bits per heavy atom. The number of anilines is 1. The molecule has 1 amide bonds. The molecule has 0 aliphatic heterocycles. The van der Waals surface area contributed by atoms with Crippen molar-refractivity contribution in [1.29, 1.82) is 0 Å². The molecule has 16 heavy (non-hydrogen) atoms. The highest BCUT2D eigenvalue weighted by molar-refractivity contribution is 6.28. The van der Waals surface area contributed by atoms with E-state index >= 15 is 0 Å². The van der Waals surface area contributed by atoms with E-state index in [-0.39, 0.29) is 11.2 Å². The molecule has 2 rings (SSSR count). The Kier molecular flexibility index (Phi) is 3.69. The predicted molar refractivity (Wildman–Crippen MR) is 61.3 cm³/mol. The molecular weight excluding hydrogens is 228 g/mol. The topological polar surface area (TPSA) is 66.9 Å². The van der Waals surface area contributed by atoms with Crippen LogP contribution in [0.1, 0.15) is 19.3 Å². The Labute approximate surface area is 98.6 Å². The van der Waals surface area contributed by atoms with E-state index in [1.807, 2.05) is 0 Å². The van der Waals surface area contributed by atoms with E-state index in [9.17, 15) is 4.79 Å². The van der Waals surface area contributed by atoms with Crippen LogP contribution in [0.2, 0.25) is 5.28 Å². The molecular formula is C10H13ClN4O. The van der Waals surface area contributed by atoms with E-state index in [1.165, 1.54) is 19.0 Å². The van der Waals surface area contributed by atoms with Crippen molar-refractivity contribution in [3.63, 3.8) is 0 Å². The molecule has 0 unspecified atom stereocenters. The summed E-state index contributed by atoms with van der Waals surface area (Å²) in [7, 11) is 0. The second-order valence-electron chi connectivity index (χ2n) is 3.74. The average molecular weight is 241 g/mol. The minimum absolute atomic E-state index is 0.0667. The number of carbonyl (C=O) groups is 1. The van der Waals surface area contributed by atoms with Crippen LogP contribution >= 0.6 is 11.6 Å². The number of aromatic nitrogens is 2. The number of nitrogens with one attached hydrogen (secondary N) is 2. The van der Waals surface area contributed by atoms with E-state index in [4.69, 9.17) is 11.6 Å². The normalized spacial score (nSPS) is 14.8. The van der Waals surface area contributed by atoms with Gasteiger partial charge in [-0.1, -0.05) is 0 Å². The minimum Gasteiger partial charge on any atom is -0.313 e. The number of rotatable bonds is 5. The lowest BCUT2D eigenvalue weighted by Crippen LogP contribution is -2.23. The van der Waals surface area contributed by atoms with Gasteiger partial charge >= 0.3 is 0 Å². The van der Waals surface area contributed by atoms with Crippen LogP contribution in [-0.2, 0) is 4.79 Å². The van der Waals surface area contributed by atoms with Crippen LogP contribution in [0.15, 0.2) is 12.3 Å². The summed E-state index contributed by atoms with van der Waals surface area (Å²) in [6.07, 6.45) is 4.40. The quantitative estimate of drug-likeness (QED) is 0.760. The molecule has 2 N–H and O–H groups in total. The number of amides is 1. The van der Waals surface area contributed by atoms with E-state index in [1.54, 1.807) is 6.07 Å². The molecule has 1 heterocycles. The highest BCUT2D eigenvalue weighted by Crippen LogP contribution is 2.18. The molecule has 0 atom stereocenters. The van der Waals surface area contributed by atoms with Gasteiger partial charge in [-0.3, -0.25) is 4.79 Å². The van der Waals surface area contributed by atoms with Gasteiger partial charge in [-0.15, -0.1) is 0 Å². The molecule has 1 aromatic rings. The standard InChI is InChI=1S/C10H13ClN4O/c11-10-13-5-3-8(15-10)14-9(16)4-6-12-7-1-2-7/h3,5,7,12H,1-2,4,6H2,(H,13,14,15,16). The fourth-order valence-electron chi connectivity index (χ4n) is 1.29. The van der Waals surface area contributed by atoms with Crippen LogP contribution in [0.5, 0.6) is 0 Å². The van der Waals surface area contributed by atoms with Gasteiger partial charge in [-0.25, -0.2) is 9.97 Å². The minimum atomic E-state index is -0.0667. The van der Waals surface area contributed by atoms with Gasteiger partial charge < -0.3 is 10.6 Å². The van der Waals surface area contributed by atoms with Gasteiger partial charge in [0, 0.05) is 25.2 Å². The average Bonchev–Trinajstić information content (AvgIpc) is 3.01. The third-order valence-electron chi connectivity index (χ3n) is 2.26. The van der Waals surface area contributed by atoms with Crippen molar-refractivity contribution in [2.24, 2.45) is 0 Å². The molecule has 0 spiro atoms. The van der Waals surface area contributed by atoms with Gasteiger partial charge in [-0.05, 0) is 30.5 Å². The summed E-state index contributed by atoms with van der Waals surface area (Å²) in [5.41, 5.74) is 0. The smallest absolute Gasteiger partial charge is 0.226 e. The summed E-state index contributed by atoms with van der Waals surface area (Å²) in [6, 6.07) is 2.24. The molecule has 6 heteroatoms.